The molecule has 1 aromatic carbocycles. The summed E-state index contributed by atoms with van der Waals surface area (Å²) in [5.41, 5.74) is 5.96. The minimum atomic E-state index is -2.17. The highest BCUT2D eigenvalue weighted by atomic mass is 32.2. The molecule has 10 heteroatoms. The summed E-state index contributed by atoms with van der Waals surface area (Å²) in [6.45, 7) is 0. The molecule has 0 aliphatic rings. The monoisotopic (exact) mass is 266 g/mol. The third kappa shape index (κ3) is 5.16. The molecule has 0 saturated heterocycles. The Hall–Kier alpha value is -1.04. The van der Waals surface area contributed by atoms with E-state index in [1.165, 1.54) is 0 Å². The van der Waals surface area contributed by atoms with Crippen molar-refractivity contribution in [1.82, 2.24) is 9.66 Å². The van der Waals surface area contributed by atoms with Gasteiger partial charge in [0, 0.05) is 0 Å². The van der Waals surface area contributed by atoms with E-state index in [1.807, 2.05) is 0 Å². The molecule has 0 radical (unpaired) electrons. The van der Waals surface area contributed by atoms with Gasteiger partial charge in [0.25, 0.3) is 0 Å². The van der Waals surface area contributed by atoms with Crippen LogP contribution in [0.1, 0.15) is 0 Å². The molecule has 0 amide bonds. The average Bonchev–Trinajstić information content (AvgIpc) is 2.24. The summed E-state index contributed by atoms with van der Waals surface area (Å²) in [7, 11) is 0. The van der Waals surface area contributed by atoms with Crippen LogP contribution in [-0.2, 0) is 22.5 Å². The zero-order valence-electron chi connectivity index (χ0n) is 7.84. The van der Waals surface area contributed by atoms with E-state index in [0.29, 0.717) is 11.4 Å². The van der Waals surface area contributed by atoms with E-state index >= 15 is 0 Å². The first-order valence-corrected chi connectivity index (χ1v) is 6.14. The summed E-state index contributed by atoms with van der Waals surface area (Å²) in [5, 5.41) is 0. The Bertz CT molecular complexity index is 369. The molecule has 90 valence electrons. The van der Waals surface area contributed by atoms with E-state index < -0.39 is 22.5 Å². The molecule has 0 saturated carbocycles. The Kier molecular flexibility index (Phi) is 5.31. The van der Waals surface area contributed by atoms with Gasteiger partial charge in [-0.1, -0.05) is 6.07 Å². The molecule has 0 aliphatic carbocycles. The highest BCUT2D eigenvalue weighted by molar-refractivity contribution is 7.77. The lowest BCUT2D eigenvalue weighted by atomic mass is 10.3. The van der Waals surface area contributed by atoms with Crippen LogP contribution < -0.4 is 20.5 Å². The van der Waals surface area contributed by atoms with Gasteiger partial charge >= 0.3 is 0 Å². The van der Waals surface area contributed by atoms with E-state index in [2.05, 4.69) is 20.5 Å². The van der Waals surface area contributed by atoms with Gasteiger partial charge in [0.15, 0.2) is 0 Å². The van der Waals surface area contributed by atoms with Crippen molar-refractivity contribution in [2.75, 3.05) is 10.9 Å². The van der Waals surface area contributed by atoms with Crippen LogP contribution in [0, 0.1) is 0 Å². The van der Waals surface area contributed by atoms with Gasteiger partial charge in [-0.05, 0) is 18.2 Å². The highest BCUT2D eigenvalue weighted by Crippen LogP contribution is 2.13. The molecule has 0 aromatic heterocycles. The Morgan fingerprint density at radius 1 is 0.938 bits per heavy atom. The number of benzene rings is 1. The minimum Gasteiger partial charge on any atom is -0.308 e. The standard InChI is InChI=1S/C6H10N4O4S2/c11-15(12)9-7-5-2-1-3-6(4-5)8-10-16(13)14/h1-4,7-10H,(H,11,12)(H,13,14). The third-order valence-corrected chi connectivity index (χ3v) is 1.98. The first-order valence-electron chi connectivity index (χ1n) is 3.93. The molecule has 2 unspecified atom stereocenters. The van der Waals surface area contributed by atoms with Crippen LogP contribution in [0.4, 0.5) is 11.4 Å². The molecule has 8 nitrogen and oxygen atoms in total. The lowest BCUT2D eigenvalue weighted by molar-refractivity contribution is 0.554. The highest BCUT2D eigenvalue weighted by Gasteiger charge is 1.97. The van der Waals surface area contributed by atoms with Crippen LogP contribution in [0.25, 0.3) is 0 Å². The van der Waals surface area contributed by atoms with E-state index in [-0.39, 0.29) is 0 Å². The number of nitrogens with one attached hydrogen (secondary N) is 4. The Morgan fingerprint density at radius 2 is 1.38 bits per heavy atom. The van der Waals surface area contributed by atoms with Gasteiger partial charge in [-0.2, -0.15) is 0 Å². The molecule has 0 fully saturated rings. The van der Waals surface area contributed by atoms with Crippen LogP contribution in [0.5, 0.6) is 0 Å². The van der Waals surface area contributed by atoms with Crippen molar-refractivity contribution in [2.45, 2.75) is 0 Å². The Labute approximate surface area is 96.6 Å². The first kappa shape index (κ1) is 13.0. The number of hydrazine groups is 2. The smallest absolute Gasteiger partial charge is 0.250 e. The van der Waals surface area contributed by atoms with Gasteiger partial charge in [0.2, 0.25) is 22.5 Å². The van der Waals surface area contributed by atoms with E-state index in [0.717, 1.165) is 0 Å². The number of hydrogen-bond donors (Lipinski definition) is 6. The summed E-state index contributed by atoms with van der Waals surface area (Å²) in [6.07, 6.45) is 0. The normalized spacial score (nSPS) is 14.1. The third-order valence-electron chi connectivity index (χ3n) is 1.43. The fourth-order valence-corrected chi connectivity index (χ4v) is 1.29. The van der Waals surface area contributed by atoms with E-state index in [1.54, 1.807) is 24.3 Å². The number of hydrogen-bond acceptors (Lipinski definition) is 4. The average molecular weight is 266 g/mol. The first-order chi connectivity index (χ1) is 7.58. The van der Waals surface area contributed by atoms with Crippen molar-refractivity contribution in [3.8, 4) is 0 Å². The molecule has 0 spiro atoms. The van der Waals surface area contributed by atoms with E-state index in [9.17, 15) is 8.42 Å². The molecular weight excluding hydrogens is 256 g/mol. The quantitative estimate of drug-likeness (QED) is 0.313. The predicted molar refractivity (Wildman–Crippen MR) is 61.5 cm³/mol. The summed E-state index contributed by atoms with van der Waals surface area (Å²) in [4.78, 5) is 4.15. The fraction of sp³-hybridized carbons (Fsp3) is 0. The topological polar surface area (TPSA) is 123 Å². The molecule has 16 heavy (non-hydrogen) atoms. The largest absolute Gasteiger partial charge is 0.308 e. The summed E-state index contributed by atoms with van der Waals surface area (Å²) < 4.78 is 37.5. The maximum atomic E-state index is 10.3. The second-order valence-corrected chi connectivity index (χ2v) is 3.94. The van der Waals surface area contributed by atoms with Crippen molar-refractivity contribution < 1.29 is 17.5 Å². The maximum Gasteiger partial charge on any atom is 0.250 e. The van der Waals surface area contributed by atoms with Gasteiger partial charge in [0.1, 0.15) is 0 Å². The number of rotatable bonds is 6. The second-order valence-electron chi connectivity index (χ2n) is 2.53. The van der Waals surface area contributed by atoms with Crippen LogP contribution in [-0.4, -0.2) is 17.5 Å². The zero-order valence-corrected chi connectivity index (χ0v) is 9.47. The van der Waals surface area contributed by atoms with Crippen molar-refractivity contribution >= 4 is 33.9 Å². The second kappa shape index (κ2) is 6.52. The van der Waals surface area contributed by atoms with Gasteiger partial charge in [0.05, 0.1) is 11.4 Å². The molecule has 6 N–H and O–H groups in total. The van der Waals surface area contributed by atoms with Gasteiger partial charge in [-0.25, -0.2) is 8.42 Å². The van der Waals surface area contributed by atoms with Gasteiger partial charge < -0.3 is 10.9 Å². The lowest BCUT2D eigenvalue weighted by Crippen LogP contribution is -2.24. The number of anilines is 2. The van der Waals surface area contributed by atoms with E-state index in [4.69, 9.17) is 9.11 Å². The van der Waals surface area contributed by atoms with Crippen molar-refractivity contribution in [3.63, 3.8) is 0 Å². The van der Waals surface area contributed by atoms with Gasteiger partial charge in [-0.15, -0.1) is 9.66 Å². The van der Waals surface area contributed by atoms with Crippen LogP contribution in [0.15, 0.2) is 24.3 Å². The molecule has 0 aliphatic heterocycles. The van der Waals surface area contributed by atoms with Gasteiger partial charge in [-0.3, -0.25) is 9.11 Å². The summed E-state index contributed by atoms with van der Waals surface area (Å²) in [5.74, 6) is 0. The summed E-state index contributed by atoms with van der Waals surface area (Å²) in [6, 6.07) is 6.48. The predicted octanol–water partition coefficient (Wildman–Crippen LogP) is -0.207. The SMILES string of the molecule is O=S(O)NNc1cccc(NNS(=O)O)c1. The van der Waals surface area contributed by atoms with Crippen molar-refractivity contribution in [3.05, 3.63) is 24.3 Å². The van der Waals surface area contributed by atoms with Crippen molar-refractivity contribution in [2.24, 2.45) is 0 Å². The Morgan fingerprint density at radius 3 is 1.75 bits per heavy atom. The minimum absolute atomic E-state index is 0.512. The fourth-order valence-electron chi connectivity index (χ4n) is 0.880. The molecule has 1 aromatic rings. The van der Waals surface area contributed by atoms with Crippen LogP contribution in [0.2, 0.25) is 0 Å². The lowest BCUT2D eigenvalue weighted by Gasteiger charge is -2.08. The van der Waals surface area contributed by atoms with Crippen molar-refractivity contribution in [1.29, 1.82) is 0 Å². The van der Waals surface area contributed by atoms with Crippen LogP contribution >= 0.6 is 0 Å². The molecule has 0 heterocycles. The van der Waals surface area contributed by atoms with Crippen LogP contribution in [0.3, 0.4) is 0 Å². The molecular formula is C6H10N4O4S2. The summed E-state index contributed by atoms with van der Waals surface area (Å²) >= 11 is -4.34. The molecule has 1 rings (SSSR count). The molecule has 0 bridgehead atoms. The maximum absolute atomic E-state index is 10.3. The zero-order chi connectivity index (χ0) is 12.0. The Balaban J connectivity index is 2.56. The molecule has 2 atom stereocenters.